The number of ether oxygens (including phenoxy) is 2. The average Bonchev–Trinajstić information content (AvgIpc) is 2.93. The van der Waals surface area contributed by atoms with Gasteiger partial charge < -0.3 is 20.1 Å². The van der Waals surface area contributed by atoms with E-state index in [1.165, 1.54) is 0 Å². The molecule has 0 radical (unpaired) electrons. The van der Waals surface area contributed by atoms with E-state index < -0.39 is 0 Å². The first-order valence-corrected chi connectivity index (χ1v) is 6.90. The van der Waals surface area contributed by atoms with Crippen molar-refractivity contribution in [2.45, 2.75) is 32.2 Å². The number of aryl methyl sites for hydroxylation is 1. The molecule has 20 heavy (non-hydrogen) atoms. The maximum absolute atomic E-state index is 12.1. The number of benzene rings is 1. The molecule has 1 aromatic carbocycles. The van der Waals surface area contributed by atoms with Crippen molar-refractivity contribution in [1.82, 2.24) is 5.32 Å². The van der Waals surface area contributed by atoms with Gasteiger partial charge in [0.05, 0.1) is 14.2 Å². The molecule has 1 aliphatic rings. The van der Waals surface area contributed by atoms with Gasteiger partial charge in [-0.15, -0.1) is 0 Å². The highest BCUT2D eigenvalue weighted by Crippen LogP contribution is 2.33. The molecule has 0 bridgehead atoms. The molecule has 5 heteroatoms. The monoisotopic (exact) mass is 278 g/mol. The van der Waals surface area contributed by atoms with Gasteiger partial charge in [0.15, 0.2) is 11.5 Å². The number of amides is 1. The Labute approximate surface area is 119 Å². The number of carbonyl (C=O) groups excluding carboxylic acids is 1. The van der Waals surface area contributed by atoms with E-state index in [0.717, 1.165) is 30.6 Å². The van der Waals surface area contributed by atoms with Crippen molar-refractivity contribution < 1.29 is 14.3 Å². The average molecular weight is 278 g/mol. The molecule has 5 nitrogen and oxygen atoms in total. The fraction of sp³-hybridized carbons (Fsp3) is 0.533. The number of methoxy groups -OCH3 is 2. The molecule has 1 fully saturated rings. The molecular weight excluding hydrogens is 256 g/mol. The maximum atomic E-state index is 12.1. The highest BCUT2D eigenvalue weighted by atomic mass is 16.5. The molecule has 0 aromatic heterocycles. The van der Waals surface area contributed by atoms with Crippen molar-refractivity contribution >= 4 is 11.6 Å². The Kier molecular flexibility index (Phi) is 4.84. The minimum Gasteiger partial charge on any atom is -0.493 e. The van der Waals surface area contributed by atoms with Crippen molar-refractivity contribution in [3.63, 3.8) is 0 Å². The maximum Gasteiger partial charge on any atom is 0.225 e. The van der Waals surface area contributed by atoms with Gasteiger partial charge in [-0.1, -0.05) is 0 Å². The molecule has 0 spiro atoms. The van der Waals surface area contributed by atoms with Gasteiger partial charge in [0.2, 0.25) is 5.91 Å². The van der Waals surface area contributed by atoms with Gasteiger partial charge in [-0.3, -0.25) is 4.79 Å². The van der Waals surface area contributed by atoms with Crippen molar-refractivity contribution in [2.75, 3.05) is 26.1 Å². The summed E-state index contributed by atoms with van der Waals surface area (Å²) < 4.78 is 10.5. The SMILES string of the molecule is COc1cc(C)c(NC(=O)CC2CCCN2)cc1OC. The molecule has 1 saturated heterocycles. The summed E-state index contributed by atoms with van der Waals surface area (Å²) in [5.41, 5.74) is 1.72. The van der Waals surface area contributed by atoms with E-state index in [0.29, 0.717) is 24.0 Å². The molecule has 2 N–H and O–H groups in total. The standard InChI is InChI=1S/C15H22N2O3/c1-10-7-13(19-2)14(20-3)9-12(10)17-15(18)8-11-5-4-6-16-11/h7,9,11,16H,4-6,8H2,1-3H3,(H,17,18). The summed E-state index contributed by atoms with van der Waals surface area (Å²) >= 11 is 0. The second kappa shape index (κ2) is 6.61. The van der Waals surface area contributed by atoms with Crippen LogP contribution < -0.4 is 20.1 Å². The lowest BCUT2D eigenvalue weighted by Crippen LogP contribution is -2.27. The van der Waals surface area contributed by atoms with E-state index in [1.807, 2.05) is 13.0 Å². The first-order chi connectivity index (χ1) is 9.63. The number of nitrogens with one attached hydrogen (secondary N) is 2. The van der Waals surface area contributed by atoms with Crippen LogP contribution in [0.5, 0.6) is 11.5 Å². The van der Waals surface area contributed by atoms with Crippen LogP contribution in [0, 0.1) is 6.92 Å². The third kappa shape index (κ3) is 3.42. The van der Waals surface area contributed by atoms with Crippen LogP contribution in [0.25, 0.3) is 0 Å². The first-order valence-electron chi connectivity index (χ1n) is 6.90. The van der Waals surface area contributed by atoms with Crippen LogP contribution in [0.3, 0.4) is 0 Å². The van der Waals surface area contributed by atoms with E-state index in [4.69, 9.17) is 9.47 Å². The highest BCUT2D eigenvalue weighted by Gasteiger charge is 2.18. The second-order valence-electron chi connectivity index (χ2n) is 5.07. The smallest absolute Gasteiger partial charge is 0.225 e. The first kappa shape index (κ1) is 14.7. The Hall–Kier alpha value is -1.75. The normalized spacial score (nSPS) is 17.9. The predicted molar refractivity (Wildman–Crippen MR) is 78.6 cm³/mol. The van der Waals surface area contributed by atoms with Gasteiger partial charge in [0.25, 0.3) is 0 Å². The van der Waals surface area contributed by atoms with Crippen LogP contribution in [-0.2, 0) is 4.79 Å². The minimum atomic E-state index is 0.0275. The zero-order valence-corrected chi connectivity index (χ0v) is 12.3. The van der Waals surface area contributed by atoms with Gasteiger partial charge >= 0.3 is 0 Å². The molecular formula is C15H22N2O3. The quantitative estimate of drug-likeness (QED) is 0.866. The molecule has 0 saturated carbocycles. The Morgan fingerprint density at radius 3 is 2.65 bits per heavy atom. The fourth-order valence-electron chi connectivity index (χ4n) is 2.47. The molecule has 1 atom stereocenters. The van der Waals surface area contributed by atoms with Crippen molar-refractivity contribution in [1.29, 1.82) is 0 Å². The van der Waals surface area contributed by atoms with Crippen LogP contribution in [-0.4, -0.2) is 32.7 Å². The Bertz CT molecular complexity index is 482. The molecule has 1 amide bonds. The van der Waals surface area contributed by atoms with Gasteiger partial charge in [0, 0.05) is 24.2 Å². The van der Waals surface area contributed by atoms with E-state index in [-0.39, 0.29) is 5.91 Å². The highest BCUT2D eigenvalue weighted by molar-refractivity contribution is 5.92. The summed E-state index contributed by atoms with van der Waals surface area (Å²) in [5, 5.41) is 6.27. The third-order valence-corrected chi connectivity index (χ3v) is 3.60. The van der Waals surface area contributed by atoms with Crippen LogP contribution >= 0.6 is 0 Å². The zero-order valence-electron chi connectivity index (χ0n) is 12.3. The van der Waals surface area contributed by atoms with E-state index in [2.05, 4.69) is 10.6 Å². The van der Waals surface area contributed by atoms with Crippen LogP contribution in [0.1, 0.15) is 24.8 Å². The molecule has 1 aliphatic heterocycles. The lowest BCUT2D eigenvalue weighted by molar-refractivity contribution is -0.116. The van der Waals surface area contributed by atoms with E-state index >= 15 is 0 Å². The molecule has 2 rings (SSSR count). The summed E-state index contributed by atoms with van der Waals surface area (Å²) in [7, 11) is 3.18. The third-order valence-electron chi connectivity index (χ3n) is 3.60. The summed E-state index contributed by atoms with van der Waals surface area (Å²) in [6.07, 6.45) is 2.72. The number of hydrogen-bond donors (Lipinski definition) is 2. The summed E-state index contributed by atoms with van der Waals surface area (Å²) in [5.74, 6) is 1.31. The lowest BCUT2D eigenvalue weighted by atomic mass is 10.1. The Morgan fingerprint density at radius 2 is 2.05 bits per heavy atom. The fourth-order valence-corrected chi connectivity index (χ4v) is 2.47. The lowest BCUT2D eigenvalue weighted by Gasteiger charge is -2.15. The number of hydrogen-bond acceptors (Lipinski definition) is 4. The van der Waals surface area contributed by atoms with Crippen LogP contribution in [0.2, 0.25) is 0 Å². The van der Waals surface area contributed by atoms with Gasteiger partial charge in [-0.05, 0) is 37.9 Å². The molecule has 1 heterocycles. The van der Waals surface area contributed by atoms with Crippen molar-refractivity contribution in [3.05, 3.63) is 17.7 Å². The zero-order chi connectivity index (χ0) is 14.5. The number of anilines is 1. The van der Waals surface area contributed by atoms with Gasteiger partial charge in [0.1, 0.15) is 0 Å². The number of carbonyl (C=O) groups is 1. The van der Waals surface area contributed by atoms with Crippen molar-refractivity contribution in [2.24, 2.45) is 0 Å². The summed E-state index contributed by atoms with van der Waals surface area (Å²) in [6, 6.07) is 3.96. The van der Waals surface area contributed by atoms with Gasteiger partial charge in [-0.25, -0.2) is 0 Å². The molecule has 110 valence electrons. The number of rotatable bonds is 5. The largest absolute Gasteiger partial charge is 0.493 e. The Morgan fingerprint density at radius 1 is 1.35 bits per heavy atom. The molecule has 1 aromatic rings. The van der Waals surface area contributed by atoms with Crippen LogP contribution in [0.4, 0.5) is 5.69 Å². The Balaban J connectivity index is 2.06. The molecule has 0 aliphatic carbocycles. The van der Waals surface area contributed by atoms with Crippen LogP contribution in [0.15, 0.2) is 12.1 Å². The predicted octanol–water partition coefficient (Wildman–Crippen LogP) is 2.09. The van der Waals surface area contributed by atoms with Gasteiger partial charge in [-0.2, -0.15) is 0 Å². The topological polar surface area (TPSA) is 59.6 Å². The van der Waals surface area contributed by atoms with E-state index in [9.17, 15) is 4.79 Å². The molecule has 1 unspecified atom stereocenters. The van der Waals surface area contributed by atoms with Crippen molar-refractivity contribution in [3.8, 4) is 11.5 Å². The minimum absolute atomic E-state index is 0.0275. The summed E-state index contributed by atoms with van der Waals surface area (Å²) in [4.78, 5) is 12.1. The second-order valence-corrected chi connectivity index (χ2v) is 5.07. The van der Waals surface area contributed by atoms with E-state index in [1.54, 1.807) is 20.3 Å². The summed E-state index contributed by atoms with van der Waals surface area (Å²) in [6.45, 7) is 2.94.